The molecule has 8 aliphatic heterocycles. The summed E-state index contributed by atoms with van der Waals surface area (Å²) in [6, 6.07) is 19.9. The highest BCUT2D eigenvalue weighted by Gasteiger charge is 2.57. The third-order valence-electron chi connectivity index (χ3n) is 32.2. The standard InChI is InChI=1S/C28H38ClF2N3O3.C27H37Cl2N3O3.C27H40ClF2N3O3.C26H35Cl2N3O3/c1-19-15-34(17-23-22(26(30)31)8-5-9-24(23)29)18-28(19,14-25(35)36)27(37)32-21-10-12-33(13-11-21)16-20-6-3-2-4-7-20;1-19-15-32(17-22-23(28)8-5-9-24(22)29)18-27(19,14-25(33)34)26(35)30-21-10-12-31(13-11-21)16-20-6-3-2-4-7-20;1-3-4-5-6-12-32-13-10-20(11-14-32)31-26(36)27(15-24(34)35)18-33(16-19(27)2)17-22-21(25(29)30)8-7-9-23(22)28;1-18-13-31(16-21-22(27)8-5-9-23(21)28)17-26(18,12-24(32)33)25(34)29-20-10-11-30(15-20)14-19-6-3-2-4-7-19/h5-6,8-9,19,21,26H,2-4,7,10-18H2,1H3,(H,32,37)(H,35,36);5-6,8-9,19,21H,2-4,7,10-18H2,1H3,(H,30,35)(H,33,34);7-9,19-20,25H,3-6,10-18H2,1-2H3,(H,31,36)(H,34,35);5-6,8-9,18,20H,2-4,7,10-17H2,1H3,(H,29,34)(H,32,33)/t19-,28+;2*19-,27+;18-,20-,26+/m0000/s1. The number of amides is 4. The highest BCUT2D eigenvalue weighted by molar-refractivity contribution is 6.36. The van der Waals surface area contributed by atoms with E-state index in [1.54, 1.807) is 54.1 Å². The molecule has 0 radical (unpaired) electrons. The van der Waals surface area contributed by atoms with Crippen LogP contribution in [0.3, 0.4) is 0 Å². The number of carboxylic acids is 4. The first-order valence-corrected chi connectivity index (χ1v) is 54.0. The molecule has 0 spiro atoms. The molecule has 0 aromatic heterocycles. The molecular weight excluding hydrogens is 1950 g/mol. The first kappa shape index (κ1) is 114. The van der Waals surface area contributed by atoms with Crippen molar-refractivity contribution in [2.45, 2.75) is 271 Å². The lowest BCUT2D eigenvalue weighted by Gasteiger charge is -2.36. The molecule has 784 valence electrons. The van der Waals surface area contributed by atoms with Gasteiger partial charge >= 0.3 is 23.9 Å². The molecule has 8 N–H and O–H groups in total. The van der Waals surface area contributed by atoms with E-state index in [9.17, 15) is 76.3 Å². The Hall–Kier alpha value is -7.00. The van der Waals surface area contributed by atoms with Crippen LogP contribution in [0.25, 0.3) is 0 Å². The molecule has 4 aromatic carbocycles. The van der Waals surface area contributed by atoms with E-state index < -0.39 is 58.4 Å². The van der Waals surface area contributed by atoms with Crippen molar-refractivity contribution < 1.29 is 76.3 Å². The van der Waals surface area contributed by atoms with Crippen molar-refractivity contribution in [1.82, 2.24) is 60.5 Å². The highest BCUT2D eigenvalue weighted by Crippen LogP contribution is 2.48. The Bertz CT molecular complexity index is 5000. The first-order valence-electron chi connectivity index (χ1n) is 51.8. The topological polar surface area (TPSA) is 292 Å². The van der Waals surface area contributed by atoms with E-state index in [-0.39, 0.29) is 145 Å². The Kier molecular flexibility index (Phi) is 43.0. The lowest BCUT2D eigenvalue weighted by Crippen LogP contribution is -2.53. The number of unbranched alkanes of at least 4 members (excludes halogenated alkanes) is 3. The summed E-state index contributed by atoms with van der Waals surface area (Å²) >= 11 is 38.0. The van der Waals surface area contributed by atoms with Crippen molar-refractivity contribution in [3.8, 4) is 0 Å². The molecule has 24 nitrogen and oxygen atoms in total. The van der Waals surface area contributed by atoms with Crippen LogP contribution >= 0.6 is 69.6 Å². The Morgan fingerprint density at radius 3 is 0.894 bits per heavy atom. The maximum absolute atomic E-state index is 13.7. The normalized spacial score (nSPS) is 26.1. The number of benzene rings is 4. The van der Waals surface area contributed by atoms with Gasteiger partial charge in [-0.25, -0.2) is 17.6 Å². The van der Waals surface area contributed by atoms with Gasteiger partial charge in [0.1, 0.15) is 0 Å². The molecule has 0 unspecified atom stereocenters. The van der Waals surface area contributed by atoms with Gasteiger partial charge in [-0.1, -0.05) is 195 Å². The van der Waals surface area contributed by atoms with Crippen molar-refractivity contribution in [2.75, 3.05) is 131 Å². The van der Waals surface area contributed by atoms with Crippen LogP contribution in [0.2, 0.25) is 30.1 Å². The van der Waals surface area contributed by atoms with Gasteiger partial charge < -0.3 is 46.6 Å². The molecule has 142 heavy (non-hydrogen) atoms. The fraction of sp³-hybridized carbons (Fsp3) is 0.648. The van der Waals surface area contributed by atoms with E-state index in [1.165, 1.54) is 138 Å². The quantitative estimate of drug-likeness (QED) is 0.0118. The minimum Gasteiger partial charge on any atom is -0.481 e. The molecule has 8 heterocycles. The molecule has 9 atom stereocenters. The molecule has 3 aliphatic carbocycles. The molecule has 34 heteroatoms. The number of hydrogen-bond acceptors (Lipinski definition) is 16. The predicted molar refractivity (Wildman–Crippen MR) is 552 cm³/mol. The number of carbonyl (C=O) groups excluding carboxylic acids is 4. The second-order valence-corrected chi connectivity index (χ2v) is 45.0. The number of rotatable bonds is 37. The average Bonchev–Trinajstić information content (AvgIpc) is 1.63. The van der Waals surface area contributed by atoms with Gasteiger partial charge in [-0.15, -0.1) is 0 Å². The summed E-state index contributed by atoms with van der Waals surface area (Å²) < 4.78 is 54.4. The molecule has 11 aliphatic rings. The van der Waals surface area contributed by atoms with Gasteiger partial charge in [0, 0.05) is 227 Å². The van der Waals surface area contributed by atoms with Crippen molar-refractivity contribution in [3.05, 3.63) is 171 Å². The van der Waals surface area contributed by atoms with Crippen molar-refractivity contribution in [1.29, 1.82) is 0 Å². The smallest absolute Gasteiger partial charge is 0.304 e. The summed E-state index contributed by atoms with van der Waals surface area (Å²) in [7, 11) is 0. The van der Waals surface area contributed by atoms with Gasteiger partial charge in [0.05, 0.1) is 47.3 Å². The molecule has 4 aromatic rings. The lowest BCUT2D eigenvalue weighted by molar-refractivity contribution is -0.147. The van der Waals surface area contributed by atoms with Crippen molar-refractivity contribution in [2.24, 2.45) is 45.3 Å². The number of aliphatic carboxylic acids is 4. The summed E-state index contributed by atoms with van der Waals surface area (Å²) in [5.41, 5.74) is 2.44. The van der Waals surface area contributed by atoms with E-state index in [0.29, 0.717) is 83.6 Å². The summed E-state index contributed by atoms with van der Waals surface area (Å²) in [4.78, 5) is 120. The Morgan fingerprint density at radius 2 is 0.606 bits per heavy atom. The summed E-state index contributed by atoms with van der Waals surface area (Å²) in [5, 5.41) is 54.4. The molecular formula is C108H150Cl6F4N12O12. The van der Waals surface area contributed by atoms with Gasteiger partial charge in [-0.3, -0.25) is 72.7 Å². The summed E-state index contributed by atoms with van der Waals surface area (Å²) in [6.07, 6.45) is 26.6. The van der Waals surface area contributed by atoms with Crippen LogP contribution in [0.1, 0.15) is 254 Å². The van der Waals surface area contributed by atoms with Crippen LogP contribution in [0.5, 0.6) is 0 Å². The number of allylic oxidation sites excluding steroid dienone is 3. The highest BCUT2D eigenvalue weighted by atomic mass is 35.5. The zero-order valence-corrected chi connectivity index (χ0v) is 87.9. The van der Waals surface area contributed by atoms with Gasteiger partial charge in [0.25, 0.3) is 12.9 Å². The molecule has 0 saturated carbocycles. The molecule has 4 amide bonds. The van der Waals surface area contributed by atoms with Crippen molar-refractivity contribution >= 4 is 117 Å². The fourth-order valence-corrected chi connectivity index (χ4v) is 25.3. The van der Waals surface area contributed by atoms with Gasteiger partial charge in [-0.2, -0.15) is 0 Å². The number of alkyl halides is 4. The van der Waals surface area contributed by atoms with Crippen LogP contribution in [0.15, 0.2) is 108 Å². The zero-order chi connectivity index (χ0) is 102. The van der Waals surface area contributed by atoms with E-state index in [0.717, 1.165) is 135 Å². The van der Waals surface area contributed by atoms with Crippen LogP contribution < -0.4 is 21.3 Å². The SMILES string of the molecule is CCCCCCN1CCC(NC(=O)[C@]2(CC(=O)O)CN(Cc3c(Cl)cccc3C(F)F)C[C@@H]2C)CC1.C[C@H]1CN(Cc2c(Cl)cccc2C(F)F)C[C@@]1(CC(=O)O)C(=O)NC1CCN(CC2=CCCCC2)CC1.C[C@H]1CN(Cc2c(Cl)cccc2Cl)C[C@@]1(CC(=O)O)C(=O)NC1CCN(CC2=CCCCC2)CC1.C[C@H]1CN(Cc2c(Cl)cccc2Cl)C[C@@]1(CC(=O)O)C(=O)N[C@H]1CCN(CC2=CCCCC2)C1. The molecule has 15 rings (SSSR count). The van der Waals surface area contributed by atoms with Gasteiger partial charge in [0.2, 0.25) is 23.6 Å². The van der Waals surface area contributed by atoms with E-state index in [2.05, 4.69) is 75.8 Å². The molecule has 8 saturated heterocycles. The number of hydrogen-bond donors (Lipinski definition) is 8. The van der Waals surface area contributed by atoms with Crippen LogP contribution in [-0.2, 0) is 64.5 Å². The van der Waals surface area contributed by atoms with Crippen LogP contribution in [-0.4, -0.2) is 262 Å². The predicted octanol–water partition coefficient (Wildman–Crippen LogP) is 20.2. The van der Waals surface area contributed by atoms with Gasteiger partial charge in [-0.05, 0) is 206 Å². The Labute approximate surface area is 866 Å². The minimum absolute atomic E-state index is 0.00464. The number of nitrogens with zero attached hydrogens (tertiary/aromatic N) is 8. The number of likely N-dealkylation sites (tertiary alicyclic amines) is 8. The first-order chi connectivity index (χ1) is 67.9. The molecule has 8 fully saturated rings. The lowest BCUT2D eigenvalue weighted by atomic mass is 9.75. The zero-order valence-electron chi connectivity index (χ0n) is 83.4. The number of carboxylic acid groups (broad SMARTS) is 4. The second-order valence-electron chi connectivity index (χ2n) is 42.5. The van der Waals surface area contributed by atoms with E-state index in [4.69, 9.17) is 69.6 Å². The fourth-order valence-electron chi connectivity index (χ4n) is 23.8. The van der Waals surface area contributed by atoms with Gasteiger partial charge in [0.15, 0.2) is 0 Å². The number of piperidine rings is 3. The number of halogens is 10. The van der Waals surface area contributed by atoms with Crippen molar-refractivity contribution in [3.63, 3.8) is 0 Å². The second kappa shape index (κ2) is 53.7. The van der Waals surface area contributed by atoms with Crippen LogP contribution in [0, 0.1) is 45.3 Å². The largest absolute Gasteiger partial charge is 0.481 e. The number of nitrogens with one attached hydrogen (secondary N) is 4. The van der Waals surface area contributed by atoms with E-state index >= 15 is 0 Å². The maximum Gasteiger partial charge on any atom is 0.304 e. The molecule has 0 bridgehead atoms. The number of carbonyl (C=O) groups is 8. The minimum atomic E-state index is -2.67. The maximum atomic E-state index is 13.7. The van der Waals surface area contributed by atoms with Crippen LogP contribution in [0.4, 0.5) is 17.6 Å². The summed E-state index contributed by atoms with van der Waals surface area (Å²) in [6.45, 7) is 25.9. The Balaban J connectivity index is 0.000000169. The van der Waals surface area contributed by atoms with E-state index in [1.807, 2.05) is 37.5 Å². The third-order valence-corrected chi connectivity index (χ3v) is 34.3. The summed E-state index contributed by atoms with van der Waals surface area (Å²) in [5.74, 6) is -5.42. The average molecular weight is 2100 g/mol. The monoisotopic (exact) mass is 2090 g/mol. The Morgan fingerprint density at radius 1 is 0.338 bits per heavy atom. The third kappa shape index (κ3) is 30.9.